The lowest BCUT2D eigenvalue weighted by molar-refractivity contribution is 0.370. The molecule has 154 valence electrons. The van der Waals surface area contributed by atoms with E-state index >= 15 is 0 Å². The van der Waals surface area contributed by atoms with Crippen LogP contribution in [0.15, 0.2) is 47.8 Å². The third-order valence-corrected chi connectivity index (χ3v) is 4.73. The molecule has 0 atom stereocenters. The van der Waals surface area contributed by atoms with Crippen molar-refractivity contribution in [2.75, 3.05) is 44.2 Å². The Bertz CT molecular complexity index is 920. The summed E-state index contributed by atoms with van der Waals surface area (Å²) in [4.78, 5) is 18.0. The summed E-state index contributed by atoms with van der Waals surface area (Å²) in [5, 5.41) is 11.9. The van der Waals surface area contributed by atoms with E-state index < -0.39 is 0 Å². The van der Waals surface area contributed by atoms with E-state index in [9.17, 15) is 0 Å². The van der Waals surface area contributed by atoms with Crippen LogP contribution >= 0.6 is 24.0 Å². The number of hydrogen-bond acceptors (Lipinski definition) is 6. The van der Waals surface area contributed by atoms with E-state index in [1.807, 2.05) is 34.9 Å². The number of nitrogens with zero attached hydrogens (tertiary/aromatic N) is 8. The van der Waals surface area contributed by atoms with Gasteiger partial charge < -0.3 is 15.1 Å². The molecule has 1 aliphatic heterocycles. The Morgan fingerprint density at radius 1 is 1.07 bits per heavy atom. The first-order valence-electron chi connectivity index (χ1n) is 9.69. The average Bonchev–Trinajstić information content (AvgIpc) is 3.17. The predicted molar refractivity (Wildman–Crippen MR) is 124 cm³/mol. The molecule has 10 heteroatoms. The molecule has 0 amide bonds. The largest absolute Gasteiger partial charge is 0.357 e. The molecule has 0 spiro atoms. The number of nitrogens with one attached hydrogen (secondary N) is 1. The predicted octanol–water partition coefficient (Wildman–Crippen LogP) is 1.47. The minimum atomic E-state index is 0. The monoisotopic (exact) mass is 507 g/mol. The van der Waals surface area contributed by atoms with Gasteiger partial charge in [0.1, 0.15) is 5.82 Å². The van der Waals surface area contributed by atoms with Crippen molar-refractivity contribution in [3.63, 3.8) is 0 Å². The fourth-order valence-electron chi connectivity index (χ4n) is 3.32. The lowest BCUT2D eigenvalue weighted by Crippen LogP contribution is -2.53. The van der Waals surface area contributed by atoms with Gasteiger partial charge in [-0.3, -0.25) is 9.39 Å². The Balaban J connectivity index is 0.00000240. The number of pyridine rings is 1. The summed E-state index contributed by atoms with van der Waals surface area (Å²) in [6.45, 7) is 7.13. The molecular formula is C19H26IN9. The minimum Gasteiger partial charge on any atom is -0.357 e. The van der Waals surface area contributed by atoms with Crippen molar-refractivity contribution in [2.45, 2.75) is 13.3 Å². The number of hydrogen-bond donors (Lipinski definition) is 1. The highest BCUT2D eigenvalue weighted by atomic mass is 127. The van der Waals surface area contributed by atoms with Crippen molar-refractivity contribution in [3.8, 4) is 0 Å². The van der Waals surface area contributed by atoms with Crippen molar-refractivity contribution in [1.82, 2.24) is 34.8 Å². The Labute approximate surface area is 187 Å². The van der Waals surface area contributed by atoms with Crippen LogP contribution in [0.25, 0.3) is 5.65 Å². The second kappa shape index (κ2) is 10.3. The lowest BCUT2D eigenvalue weighted by Gasteiger charge is -2.36. The molecule has 3 aromatic heterocycles. The maximum Gasteiger partial charge on any atom is 0.225 e. The molecule has 3 aromatic rings. The van der Waals surface area contributed by atoms with Gasteiger partial charge in [0.05, 0.1) is 0 Å². The highest BCUT2D eigenvalue weighted by Gasteiger charge is 2.21. The maximum atomic E-state index is 4.82. The molecule has 29 heavy (non-hydrogen) atoms. The topological polar surface area (TPSA) is 86.8 Å². The Hall–Kier alpha value is -2.50. The lowest BCUT2D eigenvalue weighted by atomic mass is 10.3. The van der Waals surface area contributed by atoms with Gasteiger partial charge in [-0.15, -0.1) is 34.2 Å². The number of fused-ring (bicyclic) bond motifs is 1. The molecule has 1 aliphatic rings. The van der Waals surface area contributed by atoms with E-state index in [1.165, 1.54) is 0 Å². The zero-order chi connectivity index (χ0) is 19.2. The summed E-state index contributed by atoms with van der Waals surface area (Å²) in [6, 6.07) is 7.76. The average molecular weight is 507 g/mol. The highest BCUT2D eigenvalue weighted by Crippen LogP contribution is 2.10. The molecule has 9 nitrogen and oxygen atoms in total. The molecule has 0 unspecified atom stereocenters. The Kier molecular flexibility index (Phi) is 7.55. The van der Waals surface area contributed by atoms with Crippen LogP contribution in [0, 0.1) is 0 Å². The van der Waals surface area contributed by atoms with Crippen LogP contribution in [0.5, 0.6) is 0 Å². The van der Waals surface area contributed by atoms with Gasteiger partial charge in [0.2, 0.25) is 5.95 Å². The van der Waals surface area contributed by atoms with Crippen molar-refractivity contribution < 1.29 is 0 Å². The number of piperazine rings is 1. The van der Waals surface area contributed by atoms with Crippen LogP contribution in [0.4, 0.5) is 5.95 Å². The number of aliphatic imine (C=N–C) groups is 1. The van der Waals surface area contributed by atoms with Crippen molar-refractivity contribution in [1.29, 1.82) is 0 Å². The molecule has 4 rings (SSSR count). The summed E-state index contributed by atoms with van der Waals surface area (Å²) >= 11 is 0. The van der Waals surface area contributed by atoms with Crippen LogP contribution in [-0.2, 0) is 6.42 Å². The first-order valence-corrected chi connectivity index (χ1v) is 9.69. The van der Waals surface area contributed by atoms with Crippen LogP contribution in [0.3, 0.4) is 0 Å². The molecule has 0 aromatic carbocycles. The quantitative estimate of drug-likeness (QED) is 0.318. The van der Waals surface area contributed by atoms with Crippen molar-refractivity contribution in [2.24, 2.45) is 4.99 Å². The maximum absolute atomic E-state index is 4.82. The van der Waals surface area contributed by atoms with Gasteiger partial charge in [0.15, 0.2) is 11.6 Å². The van der Waals surface area contributed by atoms with Crippen LogP contribution in [0.1, 0.15) is 12.7 Å². The summed E-state index contributed by atoms with van der Waals surface area (Å²) in [6.07, 6.45) is 6.31. The minimum absolute atomic E-state index is 0. The summed E-state index contributed by atoms with van der Waals surface area (Å²) in [5.41, 5.74) is 0.868. The first-order chi connectivity index (χ1) is 13.8. The van der Waals surface area contributed by atoms with Gasteiger partial charge in [0, 0.05) is 64.3 Å². The fourth-order valence-corrected chi connectivity index (χ4v) is 3.32. The van der Waals surface area contributed by atoms with Crippen LogP contribution in [-0.4, -0.2) is 74.7 Å². The summed E-state index contributed by atoms with van der Waals surface area (Å²) in [7, 11) is 0. The number of aromatic nitrogens is 5. The van der Waals surface area contributed by atoms with Gasteiger partial charge in [-0.1, -0.05) is 6.07 Å². The van der Waals surface area contributed by atoms with Gasteiger partial charge in [-0.05, 0) is 25.1 Å². The molecular weight excluding hydrogens is 481 g/mol. The first kappa shape index (κ1) is 21.2. The fraction of sp³-hybridized carbons (Fsp3) is 0.421. The molecule has 1 fully saturated rings. The van der Waals surface area contributed by atoms with Crippen LogP contribution in [0.2, 0.25) is 0 Å². The Morgan fingerprint density at radius 3 is 2.62 bits per heavy atom. The van der Waals surface area contributed by atoms with E-state index in [0.717, 1.165) is 62.5 Å². The van der Waals surface area contributed by atoms with Crippen LogP contribution < -0.4 is 10.2 Å². The van der Waals surface area contributed by atoms with Crippen molar-refractivity contribution in [3.05, 3.63) is 48.7 Å². The summed E-state index contributed by atoms with van der Waals surface area (Å²) < 4.78 is 2.01. The third kappa shape index (κ3) is 5.11. The van der Waals surface area contributed by atoms with E-state index in [2.05, 4.69) is 42.2 Å². The number of rotatable bonds is 5. The second-order valence-corrected chi connectivity index (χ2v) is 6.55. The van der Waals surface area contributed by atoms with E-state index in [-0.39, 0.29) is 24.0 Å². The molecule has 0 radical (unpaired) electrons. The molecule has 0 aliphatic carbocycles. The summed E-state index contributed by atoms with van der Waals surface area (Å²) in [5.74, 6) is 2.67. The zero-order valence-electron chi connectivity index (χ0n) is 16.5. The Morgan fingerprint density at radius 2 is 1.86 bits per heavy atom. The van der Waals surface area contributed by atoms with E-state index in [4.69, 9.17) is 4.99 Å². The van der Waals surface area contributed by atoms with Gasteiger partial charge in [-0.2, -0.15) is 0 Å². The van der Waals surface area contributed by atoms with Gasteiger partial charge in [-0.25, -0.2) is 9.97 Å². The van der Waals surface area contributed by atoms with Gasteiger partial charge >= 0.3 is 0 Å². The molecule has 1 N–H and O–H groups in total. The molecule has 0 saturated carbocycles. The second-order valence-electron chi connectivity index (χ2n) is 6.55. The third-order valence-electron chi connectivity index (χ3n) is 4.73. The zero-order valence-corrected chi connectivity index (χ0v) is 18.8. The van der Waals surface area contributed by atoms with Gasteiger partial charge in [0.25, 0.3) is 0 Å². The normalized spacial score (nSPS) is 14.7. The number of anilines is 1. The number of halogens is 1. The van der Waals surface area contributed by atoms with E-state index in [0.29, 0.717) is 6.54 Å². The number of guanidine groups is 1. The standard InChI is InChI=1S/C19H25N9.HI/c1-2-20-18(23-10-7-17-25-24-16-6-3-4-11-28(16)17)26-12-14-27(15-13-26)19-21-8-5-9-22-19;/h3-6,8-9,11H,2,7,10,12-15H2,1H3,(H,20,23);1H. The molecule has 4 heterocycles. The molecule has 0 bridgehead atoms. The SMILES string of the molecule is CCNC(=NCCc1nnc2ccccn12)N1CCN(c2ncccn2)CC1.I. The highest BCUT2D eigenvalue weighted by molar-refractivity contribution is 14.0. The van der Waals surface area contributed by atoms with Crippen molar-refractivity contribution >= 4 is 41.5 Å². The smallest absolute Gasteiger partial charge is 0.225 e. The molecule has 1 saturated heterocycles. The van der Waals surface area contributed by atoms with E-state index in [1.54, 1.807) is 12.4 Å².